The van der Waals surface area contributed by atoms with Gasteiger partial charge in [-0.1, -0.05) is 178 Å². The lowest BCUT2D eigenvalue weighted by molar-refractivity contribution is 0.666. The molecule has 8 aromatic carbocycles. The van der Waals surface area contributed by atoms with Crippen molar-refractivity contribution < 1.29 is 0 Å². The Bertz CT molecular complexity index is 3260. The fourth-order valence-electron chi connectivity index (χ4n) is 9.03. The maximum absolute atomic E-state index is 5.03. The van der Waals surface area contributed by atoms with E-state index in [1.165, 1.54) is 49.7 Å². The largest absolute Gasteiger partial charge is 0.255 e. The first-order valence-corrected chi connectivity index (χ1v) is 20.8. The van der Waals surface area contributed by atoms with Gasteiger partial charge in [0.15, 0.2) is 17.5 Å². The summed E-state index contributed by atoms with van der Waals surface area (Å²) in [5.41, 5.74) is 17.0. The van der Waals surface area contributed by atoms with Gasteiger partial charge in [-0.05, 0) is 103 Å². The summed E-state index contributed by atoms with van der Waals surface area (Å²) in [6.07, 6.45) is 1.85. The lowest BCUT2D eigenvalue weighted by Crippen LogP contribution is -2.15. The first-order chi connectivity index (χ1) is 30.0. The second-order valence-corrected chi connectivity index (χ2v) is 16.3. The van der Waals surface area contributed by atoms with Gasteiger partial charge in [0.2, 0.25) is 0 Å². The number of benzene rings is 8. The van der Waals surface area contributed by atoms with Crippen molar-refractivity contribution in [2.75, 3.05) is 0 Å². The maximum Gasteiger partial charge on any atom is 0.165 e. The fourth-order valence-corrected chi connectivity index (χ4v) is 9.03. The van der Waals surface area contributed by atoms with Gasteiger partial charge in [-0.2, -0.15) is 0 Å². The number of aromatic nitrogens is 4. The summed E-state index contributed by atoms with van der Waals surface area (Å²) in [6.45, 7) is 4.74. The van der Waals surface area contributed by atoms with Crippen molar-refractivity contribution in [3.63, 3.8) is 0 Å². The van der Waals surface area contributed by atoms with Crippen LogP contribution in [0.2, 0.25) is 0 Å². The average molecular weight is 781 g/mol. The van der Waals surface area contributed by atoms with Crippen LogP contribution in [0.15, 0.2) is 206 Å². The van der Waals surface area contributed by atoms with Gasteiger partial charge in [0.25, 0.3) is 0 Å². The number of hydrogen-bond acceptors (Lipinski definition) is 4. The van der Waals surface area contributed by atoms with Gasteiger partial charge in [-0.3, -0.25) is 4.98 Å². The van der Waals surface area contributed by atoms with Crippen molar-refractivity contribution in [1.29, 1.82) is 0 Å². The predicted molar refractivity (Wildman–Crippen MR) is 251 cm³/mol. The predicted octanol–water partition coefficient (Wildman–Crippen LogP) is 14.4. The van der Waals surface area contributed by atoms with Gasteiger partial charge in [0.05, 0.1) is 5.69 Å². The van der Waals surface area contributed by atoms with Crippen LogP contribution in [0, 0.1) is 0 Å². The van der Waals surface area contributed by atoms with Crippen molar-refractivity contribution in [1.82, 2.24) is 19.9 Å². The van der Waals surface area contributed by atoms with Gasteiger partial charge in [0, 0.05) is 33.9 Å². The molecule has 0 saturated heterocycles. The van der Waals surface area contributed by atoms with E-state index >= 15 is 0 Å². The van der Waals surface area contributed by atoms with Crippen LogP contribution in [-0.4, -0.2) is 19.9 Å². The maximum atomic E-state index is 5.03. The highest BCUT2D eigenvalue weighted by Gasteiger charge is 2.37. The highest BCUT2D eigenvalue weighted by atomic mass is 15.0. The van der Waals surface area contributed by atoms with Crippen LogP contribution in [0.4, 0.5) is 0 Å². The molecule has 2 aromatic heterocycles. The van der Waals surface area contributed by atoms with Crippen LogP contribution in [0.1, 0.15) is 25.0 Å². The number of fused-ring (bicyclic) bond motifs is 5. The molecule has 0 radical (unpaired) electrons. The second-order valence-electron chi connectivity index (χ2n) is 16.3. The fraction of sp³-hybridized carbons (Fsp3) is 0.0526. The molecule has 0 unspecified atom stereocenters. The summed E-state index contributed by atoms with van der Waals surface area (Å²) >= 11 is 0. The molecule has 0 amide bonds. The molecule has 2 heterocycles. The Kier molecular flexibility index (Phi) is 8.79. The molecular formula is C57H40N4. The van der Waals surface area contributed by atoms with Crippen molar-refractivity contribution in [2.24, 2.45) is 0 Å². The third-order valence-corrected chi connectivity index (χ3v) is 12.1. The van der Waals surface area contributed by atoms with Gasteiger partial charge in [-0.25, -0.2) is 15.0 Å². The Morgan fingerprint density at radius 2 is 0.820 bits per heavy atom. The van der Waals surface area contributed by atoms with E-state index in [9.17, 15) is 0 Å². The molecule has 0 aliphatic heterocycles. The summed E-state index contributed by atoms with van der Waals surface area (Å²) in [4.78, 5) is 19.8. The van der Waals surface area contributed by atoms with Crippen LogP contribution in [0.25, 0.3) is 101 Å². The zero-order valence-corrected chi connectivity index (χ0v) is 33.9. The van der Waals surface area contributed by atoms with Gasteiger partial charge < -0.3 is 0 Å². The molecule has 4 nitrogen and oxygen atoms in total. The molecule has 0 N–H and O–H groups in total. The standard InChI is InChI=1S/C57H40N4/c1-57(2)51-35-45(27-29-49(51)50-30-26-37-14-9-10-25-48(37)53(50)57)43-22-12-20-41(33-43)40-19-11-21-42(32-40)44-23-13-24-46(34-44)55-59-54(39-17-7-4-8-18-39)60-56(61-55)47-28-31-52(58-36-47)38-15-5-3-6-16-38/h3-36H,1-2H3. The van der Waals surface area contributed by atoms with Gasteiger partial charge in [0.1, 0.15) is 0 Å². The Hall–Kier alpha value is -7.82. The smallest absolute Gasteiger partial charge is 0.165 e. The minimum absolute atomic E-state index is 0.112. The zero-order valence-electron chi connectivity index (χ0n) is 33.9. The Balaban J connectivity index is 0.919. The van der Waals surface area contributed by atoms with Crippen LogP contribution in [0.3, 0.4) is 0 Å². The number of hydrogen-bond donors (Lipinski definition) is 0. The molecule has 0 atom stereocenters. The normalized spacial score (nSPS) is 12.6. The molecule has 1 aliphatic carbocycles. The molecular weight excluding hydrogens is 741 g/mol. The van der Waals surface area contributed by atoms with Gasteiger partial charge in [-0.15, -0.1) is 0 Å². The monoisotopic (exact) mass is 780 g/mol. The third-order valence-electron chi connectivity index (χ3n) is 12.1. The summed E-state index contributed by atoms with van der Waals surface area (Å²) in [6, 6.07) is 70.8. The van der Waals surface area contributed by atoms with Crippen LogP contribution in [-0.2, 0) is 5.41 Å². The molecule has 288 valence electrons. The van der Waals surface area contributed by atoms with E-state index in [1.54, 1.807) is 0 Å². The molecule has 1 aliphatic rings. The number of pyridine rings is 1. The van der Waals surface area contributed by atoms with Crippen LogP contribution < -0.4 is 0 Å². The molecule has 10 aromatic rings. The van der Waals surface area contributed by atoms with Crippen molar-refractivity contribution in [2.45, 2.75) is 19.3 Å². The highest BCUT2D eigenvalue weighted by Crippen LogP contribution is 2.52. The molecule has 4 heteroatoms. The summed E-state index contributed by atoms with van der Waals surface area (Å²) in [5.74, 6) is 1.80. The average Bonchev–Trinajstić information content (AvgIpc) is 3.57. The van der Waals surface area contributed by atoms with Crippen LogP contribution >= 0.6 is 0 Å². The summed E-state index contributed by atoms with van der Waals surface area (Å²) < 4.78 is 0. The minimum Gasteiger partial charge on any atom is -0.255 e. The van der Waals surface area contributed by atoms with Crippen LogP contribution in [0.5, 0.6) is 0 Å². The Morgan fingerprint density at radius 3 is 1.44 bits per heavy atom. The number of rotatable bonds is 7. The molecule has 0 saturated carbocycles. The minimum atomic E-state index is -0.112. The molecule has 11 rings (SSSR count). The molecule has 0 bridgehead atoms. The van der Waals surface area contributed by atoms with E-state index in [0.717, 1.165) is 44.6 Å². The van der Waals surface area contributed by atoms with E-state index < -0.39 is 0 Å². The second kappa shape index (κ2) is 14.8. The summed E-state index contributed by atoms with van der Waals surface area (Å²) in [7, 11) is 0. The van der Waals surface area contributed by atoms with Crippen molar-refractivity contribution in [3.8, 4) is 89.9 Å². The molecule has 0 spiro atoms. The lowest BCUT2D eigenvalue weighted by atomic mass is 9.79. The molecule has 61 heavy (non-hydrogen) atoms. The van der Waals surface area contributed by atoms with E-state index in [4.69, 9.17) is 19.9 Å². The van der Waals surface area contributed by atoms with Crippen molar-refractivity contribution in [3.05, 3.63) is 218 Å². The highest BCUT2D eigenvalue weighted by molar-refractivity contribution is 5.98. The first-order valence-electron chi connectivity index (χ1n) is 20.8. The lowest BCUT2D eigenvalue weighted by Gasteiger charge is -2.23. The topological polar surface area (TPSA) is 51.6 Å². The van der Waals surface area contributed by atoms with Gasteiger partial charge >= 0.3 is 0 Å². The third kappa shape index (κ3) is 6.59. The van der Waals surface area contributed by atoms with E-state index in [1.807, 2.05) is 66.9 Å². The quantitative estimate of drug-likeness (QED) is 0.162. The Morgan fingerprint density at radius 1 is 0.344 bits per heavy atom. The summed E-state index contributed by atoms with van der Waals surface area (Å²) in [5, 5.41) is 2.63. The zero-order chi connectivity index (χ0) is 40.9. The molecule has 0 fully saturated rings. The van der Waals surface area contributed by atoms with E-state index in [0.29, 0.717) is 17.5 Å². The van der Waals surface area contributed by atoms with E-state index in [2.05, 4.69) is 153 Å². The first kappa shape index (κ1) is 36.3. The SMILES string of the molecule is CC1(C)c2cc(-c3cccc(-c4cccc(-c5cccc(-c6nc(-c7ccccc7)nc(-c7ccc(-c8ccccc8)nc7)n6)c5)c4)c3)ccc2-c2ccc3ccccc3c21. The van der Waals surface area contributed by atoms with Crippen molar-refractivity contribution >= 4 is 10.8 Å². The number of nitrogens with zero attached hydrogens (tertiary/aromatic N) is 4. The van der Waals surface area contributed by atoms with E-state index in [-0.39, 0.29) is 5.41 Å². The Labute approximate surface area is 356 Å².